The van der Waals surface area contributed by atoms with E-state index in [0.29, 0.717) is 27.9 Å². The summed E-state index contributed by atoms with van der Waals surface area (Å²) < 4.78 is 14.0. The minimum atomic E-state index is -0.330. The van der Waals surface area contributed by atoms with Crippen molar-refractivity contribution in [3.8, 4) is 34.7 Å². The molecule has 0 saturated heterocycles. The Kier molecular flexibility index (Phi) is 7.19. The van der Waals surface area contributed by atoms with Crippen LogP contribution in [-0.4, -0.2) is 32.3 Å². The maximum absolute atomic E-state index is 12.8. The first-order valence-corrected chi connectivity index (χ1v) is 12.6. The third-order valence-electron chi connectivity index (χ3n) is 5.74. The molecule has 36 heavy (non-hydrogen) atoms. The zero-order valence-electron chi connectivity index (χ0n) is 19.5. The number of hydrogen-bond donors (Lipinski definition) is 1. The number of aryl methyl sites for hydroxylation is 1. The van der Waals surface area contributed by atoms with Crippen molar-refractivity contribution < 1.29 is 14.3 Å². The van der Waals surface area contributed by atoms with Crippen molar-refractivity contribution >= 4 is 22.4 Å². The number of carbonyl (C=O) groups is 1. The van der Waals surface area contributed by atoms with E-state index < -0.39 is 0 Å². The number of ether oxygens (including phenoxy) is 2. The smallest absolute Gasteiger partial charge is 0.257 e. The van der Waals surface area contributed by atoms with Crippen molar-refractivity contribution in [2.24, 2.45) is 0 Å². The second kappa shape index (κ2) is 11.0. The molecule has 0 bridgehead atoms. The van der Waals surface area contributed by atoms with Gasteiger partial charge in [-0.3, -0.25) is 10.1 Å². The minimum absolute atomic E-state index is 0.213. The van der Waals surface area contributed by atoms with E-state index in [4.69, 9.17) is 14.7 Å². The average molecular weight is 501 g/mol. The lowest BCUT2D eigenvalue weighted by Gasteiger charge is -2.12. The molecule has 0 aliphatic carbocycles. The van der Waals surface area contributed by atoms with Gasteiger partial charge in [-0.1, -0.05) is 6.42 Å². The Morgan fingerprint density at radius 2 is 1.94 bits per heavy atom. The highest BCUT2D eigenvalue weighted by molar-refractivity contribution is 7.13. The van der Waals surface area contributed by atoms with Crippen molar-refractivity contribution in [3.05, 3.63) is 65.4 Å². The van der Waals surface area contributed by atoms with E-state index in [1.165, 1.54) is 17.8 Å². The van der Waals surface area contributed by atoms with Crippen LogP contribution >= 0.6 is 11.3 Å². The summed E-state index contributed by atoms with van der Waals surface area (Å²) >= 11 is 1.33. The van der Waals surface area contributed by atoms with Gasteiger partial charge in [0.15, 0.2) is 11.0 Å². The molecule has 2 aromatic heterocycles. The quantitative estimate of drug-likeness (QED) is 0.319. The van der Waals surface area contributed by atoms with E-state index in [1.54, 1.807) is 29.8 Å². The highest BCUT2D eigenvalue weighted by Gasteiger charge is 2.16. The van der Waals surface area contributed by atoms with Crippen LogP contribution in [0.15, 0.2) is 54.0 Å². The topological polar surface area (TPSA) is 115 Å². The predicted octanol–water partition coefficient (Wildman–Crippen LogP) is 5.47. The Balaban J connectivity index is 1.36. The van der Waals surface area contributed by atoms with E-state index in [1.807, 2.05) is 30.3 Å². The van der Waals surface area contributed by atoms with E-state index in [2.05, 4.69) is 25.1 Å². The number of carbonyl (C=O) groups excluding carboxylic acids is 1. The van der Waals surface area contributed by atoms with Crippen molar-refractivity contribution in [3.63, 3.8) is 0 Å². The third kappa shape index (κ3) is 5.53. The first-order valence-electron chi connectivity index (χ1n) is 11.8. The lowest BCUT2D eigenvalue weighted by molar-refractivity contribution is 0.102. The SMILES string of the molecule is N#CCCOc1cc(Oc2ccc(-c3nnc4n3CCCCC4)cc2)cc(C(=O)Nc2nccs2)c1. The first kappa shape index (κ1) is 23.5. The summed E-state index contributed by atoms with van der Waals surface area (Å²) in [6.45, 7) is 1.14. The van der Waals surface area contributed by atoms with Gasteiger partial charge in [-0.2, -0.15) is 5.26 Å². The second-order valence-corrected chi connectivity index (χ2v) is 9.16. The van der Waals surface area contributed by atoms with Crippen LogP contribution in [0.2, 0.25) is 0 Å². The monoisotopic (exact) mass is 500 g/mol. The Morgan fingerprint density at radius 3 is 2.75 bits per heavy atom. The van der Waals surface area contributed by atoms with E-state index in [9.17, 15) is 4.79 Å². The van der Waals surface area contributed by atoms with Crippen molar-refractivity contribution in [2.75, 3.05) is 11.9 Å². The number of amides is 1. The zero-order valence-corrected chi connectivity index (χ0v) is 20.3. The van der Waals surface area contributed by atoms with Crippen LogP contribution in [0.4, 0.5) is 5.13 Å². The van der Waals surface area contributed by atoms with Gasteiger partial charge in [0.1, 0.15) is 29.7 Å². The summed E-state index contributed by atoms with van der Waals surface area (Å²) in [5.74, 6) is 3.07. The zero-order chi connectivity index (χ0) is 24.7. The van der Waals surface area contributed by atoms with E-state index >= 15 is 0 Å². The molecule has 1 N–H and O–H groups in total. The minimum Gasteiger partial charge on any atom is -0.492 e. The maximum Gasteiger partial charge on any atom is 0.257 e. The molecule has 5 rings (SSSR count). The molecule has 182 valence electrons. The molecule has 2 aromatic carbocycles. The van der Waals surface area contributed by atoms with Crippen LogP contribution in [0.25, 0.3) is 11.4 Å². The number of rotatable bonds is 8. The van der Waals surface area contributed by atoms with E-state index in [-0.39, 0.29) is 18.9 Å². The predicted molar refractivity (Wildman–Crippen MR) is 135 cm³/mol. The Labute approximate surface area is 212 Å². The molecule has 0 radical (unpaired) electrons. The number of fused-ring (bicyclic) bond motifs is 1. The first-order chi connectivity index (χ1) is 17.7. The Bertz CT molecular complexity index is 1380. The molecule has 9 nitrogen and oxygen atoms in total. The van der Waals surface area contributed by atoms with Crippen molar-refractivity contribution in [1.82, 2.24) is 19.7 Å². The largest absolute Gasteiger partial charge is 0.492 e. The number of nitrogens with one attached hydrogen (secondary N) is 1. The molecular formula is C26H24N6O3S. The second-order valence-electron chi connectivity index (χ2n) is 8.27. The maximum atomic E-state index is 12.8. The summed E-state index contributed by atoms with van der Waals surface area (Å²) in [5.41, 5.74) is 1.33. The number of anilines is 1. The van der Waals surface area contributed by atoms with Gasteiger partial charge in [0, 0.05) is 41.7 Å². The molecule has 1 amide bonds. The lowest BCUT2D eigenvalue weighted by atomic mass is 10.1. The standard InChI is InChI=1S/C26H24N6O3S/c27-10-4-13-34-21-15-19(25(33)29-26-28-11-14-36-26)16-22(17-21)35-20-8-6-18(7-9-20)24-31-30-23-5-2-1-3-12-32(23)24/h6-9,11,14-17H,1-5,12-13H2,(H,28,29,33). The fourth-order valence-corrected chi connectivity index (χ4v) is 4.54. The molecule has 0 atom stereocenters. The molecule has 1 aliphatic rings. The van der Waals surface area contributed by atoms with Gasteiger partial charge in [0.25, 0.3) is 5.91 Å². The molecular weight excluding hydrogens is 476 g/mol. The van der Waals surface area contributed by atoms with Crippen molar-refractivity contribution in [1.29, 1.82) is 5.26 Å². The summed E-state index contributed by atoms with van der Waals surface area (Å²) in [4.78, 5) is 16.9. The van der Waals surface area contributed by atoms with Gasteiger partial charge in [0.05, 0.1) is 12.5 Å². The number of nitriles is 1. The van der Waals surface area contributed by atoms with Gasteiger partial charge < -0.3 is 14.0 Å². The summed E-state index contributed by atoms with van der Waals surface area (Å²) in [5, 5.41) is 22.7. The van der Waals surface area contributed by atoms with Gasteiger partial charge in [-0.05, 0) is 49.2 Å². The normalized spacial score (nSPS) is 12.8. The molecule has 0 fully saturated rings. The third-order valence-corrected chi connectivity index (χ3v) is 6.42. The van der Waals surface area contributed by atoms with Crippen LogP contribution in [0.3, 0.4) is 0 Å². The fourth-order valence-electron chi connectivity index (χ4n) is 4.02. The van der Waals surface area contributed by atoms with Gasteiger partial charge in [0.2, 0.25) is 0 Å². The lowest BCUT2D eigenvalue weighted by Crippen LogP contribution is -2.12. The number of benzene rings is 2. The molecule has 3 heterocycles. The number of thiazole rings is 1. The Morgan fingerprint density at radius 1 is 1.08 bits per heavy atom. The van der Waals surface area contributed by atoms with Gasteiger partial charge >= 0.3 is 0 Å². The molecule has 4 aromatic rings. The average Bonchev–Trinajstić information content (AvgIpc) is 3.49. The highest BCUT2D eigenvalue weighted by atomic mass is 32.1. The molecule has 10 heteroatoms. The van der Waals surface area contributed by atoms with Crippen LogP contribution < -0.4 is 14.8 Å². The molecule has 0 spiro atoms. The van der Waals surface area contributed by atoms with Crippen LogP contribution in [0.1, 0.15) is 41.9 Å². The summed E-state index contributed by atoms with van der Waals surface area (Å²) in [6.07, 6.45) is 6.30. The highest BCUT2D eigenvalue weighted by Crippen LogP contribution is 2.30. The van der Waals surface area contributed by atoms with Crippen LogP contribution in [0.5, 0.6) is 17.2 Å². The Hall–Kier alpha value is -4.23. The van der Waals surface area contributed by atoms with Gasteiger partial charge in [-0.25, -0.2) is 4.98 Å². The number of aromatic nitrogens is 4. The van der Waals surface area contributed by atoms with Crippen LogP contribution in [-0.2, 0) is 13.0 Å². The summed E-state index contributed by atoms with van der Waals surface area (Å²) in [6, 6.07) is 14.7. The fraction of sp³-hybridized carbons (Fsp3) is 0.269. The molecule has 0 unspecified atom stereocenters. The molecule has 0 saturated carbocycles. The molecule has 1 aliphatic heterocycles. The van der Waals surface area contributed by atoms with E-state index in [0.717, 1.165) is 43.0 Å². The van der Waals surface area contributed by atoms with Gasteiger partial charge in [-0.15, -0.1) is 21.5 Å². The van der Waals surface area contributed by atoms with Crippen LogP contribution in [0, 0.1) is 11.3 Å². The number of hydrogen-bond acceptors (Lipinski definition) is 8. The van der Waals surface area contributed by atoms with Crippen molar-refractivity contribution in [2.45, 2.75) is 38.6 Å². The number of nitrogens with zero attached hydrogens (tertiary/aromatic N) is 5. The summed E-state index contributed by atoms with van der Waals surface area (Å²) in [7, 11) is 0.